The molecule has 1 rings (SSSR count). The lowest BCUT2D eigenvalue weighted by Gasteiger charge is -2.16. The number of aryl methyl sites for hydroxylation is 1. The van der Waals surface area contributed by atoms with E-state index in [1.54, 1.807) is 40.2 Å². The van der Waals surface area contributed by atoms with Gasteiger partial charge in [0.2, 0.25) is 0 Å². The fourth-order valence-electron chi connectivity index (χ4n) is 1.90. The van der Waals surface area contributed by atoms with Crippen molar-refractivity contribution in [2.24, 2.45) is 0 Å². The van der Waals surface area contributed by atoms with Crippen LogP contribution in [0.1, 0.15) is 5.56 Å². The molecule has 0 aliphatic rings. The maximum atomic E-state index is 12.0. The fraction of sp³-hybridized carbons (Fsp3) is 0.429. The monoisotopic (exact) mass is 309 g/mol. The number of likely N-dealkylation sites (N-methyl/N-ethyl adjacent to an activating group) is 2. The number of para-hydroxylation sites is 1. The summed E-state index contributed by atoms with van der Waals surface area (Å²) in [4.78, 5) is 36.2. The summed E-state index contributed by atoms with van der Waals surface area (Å²) in [6, 6.07) is 4.60. The number of carbonyl (C=O) groups is 2. The van der Waals surface area contributed by atoms with Gasteiger partial charge < -0.3 is 15.1 Å². The van der Waals surface area contributed by atoms with Gasteiger partial charge in [-0.05, 0) is 12.5 Å². The zero-order valence-electron chi connectivity index (χ0n) is 13.2. The average Bonchev–Trinajstić information content (AvgIpc) is 2.40. The van der Waals surface area contributed by atoms with Crippen LogP contribution in [0.3, 0.4) is 0 Å². The first kappa shape index (κ1) is 17.6. The summed E-state index contributed by atoms with van der Waals surface area (Å²) in [6.07, 6.45) is 0. The molecule has 0 fully saturated rings. The zero-order chi connectivity index (χ0) is 16.9. The van der Waals surface area contributed by atoms with Crippen LogP contribution in [0.25, 0.3) is 0 Å². The van der Waals surface area contributed by atoms with Gasteiger partial charge in [-0.25, -0.2) is 0 Å². The lowest BCUT2D eigenvalue weighted by Crippen LogP contribution is -3.11. The van der Waals surface area contributed by atoms with Crippen molar-refractivity contribution < 1.29 is 19.4 Å². The highest BCUT2D eigenvalue weighted by Gasteiger charge is 2.20. The van der Waals surface area contributed by atoms with Crippen molar-refractivity contribution in [2.45, 2.75) is 6.92 Å². The summed E-state index contributed by atoms with van der Waals surface area (Å²) in [5, 5.41) is 13.6. The number of benzene rings is 1. The molecule has 1 unspecified atom stereocenters. The third-order valence-corrected chi connectivity index (χ3v) is 3.13. The number of carbonyl (C=O) groups excluding carboxylic acids is 2. The number of rotatable bonds is 6. The highest BCUT2D eigenvalue weighted by Crippen LogP contribution is 2.27. The Morgan fingerprint density at radius 3 is 2.50 bits per heavy atom. The van der Waals surface area contributed by atoms with E-state index in [1.807, 2.05) is 0 Å². The molecule has 8 heteroatoms. The van der Waals surface area contributed by atoms with Crippen molar-refractivity contribution in [3.05, 3.63) is 33.9 Å². The van der Waals surface area contributed by atoms with E-state index in [4.69, 9.17) is 0 Å². The fourth-order valence-corrected chi connectivity index (χ4v) is 1.90. The molecule has 1 atom stereocenters. The van der Waals surface area contributed by atoms with E-state index in [1.165, 1.54) is 11.0 Å². The van der Waals surface area contributed by atoms with Crippen molar-refractivity contribution in [2.75, 3.05) is 39.5 Å². The minimum atomic E-state index is -0.533. The topological polar surface area (TPSA) is 97.0 Å². The second kappa shape index (κ2) is 7.51. The van der Waals surface area contributed by atoms with E-state index < -0.39 is 4.92 Å². The van der Waals surface area contributed by atoms with E-state index in [0.29, 0.717) is 10.5 Å². The Morgan fingerprint density at radius 1 is 1.32 bits per heavy atom. The number of nitrogens with zero attached hydrogens (tertiary/aromatic N) is 2. The standard InChI is InChI=1S/C14H20N4O4/c1-10-6-5-7-11(18(21)22)14(10)15-12(19)8-17(4)9-13(20)16(2)3/h5-7H,8-9H2,1-4H3,(H,15,19)/p+1. The molecule has 120 valence electrons. The SMILES string of the molecule is Cc1cccc([N+](=O)[O-])c1NC(=O)C[NH+](C)CC(=O)N(C)C. The molecule has 1 aromatic rings. The van der Waals surface area contributed by atoms with E-state index in [2.05, 4.69) is 5.32 Å². The third kappa shape index (κ3) is 4.81. The van der Waals surface area contributed by atoms with Crippen molar-refractivity contribution in [1.29, 1.82) is 0 Å². The number of anilines is 1. The van der Waals surface area contributed by atoms with Crippen LogP contribution in [0, 0.1) is 17.0 Å². The van der Waals surface area contributed by atoms with Gasteiger partial charge in [-0.3, -0.25) is 19.7 Å². The Morgan fingerprint density at radius 2 is 1.95 bits per heavy atom. The van der Waals surface area contributed by atoms with Crippen LogP contribution in [0.2, 0.25) is 0 Å². The molecule has 0 bridgehead atoms. The Bertz CT molecular complexity index is 586. The first-order valence-electron chi connectivity index (χ1n) is 6.77. The number of amides is 2. The zero-order valence-corrected chi connectivity index (χ0v) is 13.2. The molecule has 0 saturated carbocycles. The van der Waals surface area contributed by atoms with Crippen LogP contribution in [0.5, 0.6) is 0 Å². The molecule has 22 heavy (non-hydrogen) atoms. The number of nitro groups is 1. The lowest BCUT2D eigenvalue weighted by atomic mass is 10.1. The van der Waals surface area contributed by atoms with Gasteiger partial charge in [-0.15, -0.1) is 0 Å². The predicted octanol–water partition coefficient (Wildman–Crippen LogP) is -0.555. The van der Waals surface area contributed by atoms with Gasteiger partial charge in [-0.1, -0.05) is 12.1 Å². The molecule has 2 amide bonds. The maximum Gasteiger partial charge on any atom is 0.293 e. The molecule has 0 aromatic heterocycles. The third-order valence-electron chi connectivity index (χ3n) is 3.13. The van der Waals surface area contributed by atoms with Gasteiger partial charge in [-0.2, -0.15) is 0 Å². The van der Waals surface area contributed by atoms with E-state index in [9.17, 15) is 19.7 Å². The normalized spacial score (nSPS) is 11.6. The smallest absolute Gasteiger partial charge is 0.293 e. The molecule has 0 aliphatic heterocycles. The van der Waals surface area contributed by atoms with E-state index in [0.717, 1.165) is 0 Å². The Labute approximate surface area is 128 Å². The summed E-state index contributed by atoms with van der Waals surface area (Å²) >= 11 is 0. The second-order valence-electron chi connectivity index (χ2n) is 5.37. The van der Waals surface area contributed by atoms with Gasteiger partial charge in [0.1, 0.15) is 5.69 Å². The van der Waals surface area contributed by atoms with Gasteiger partial charge in [0.15, 0.2) is 13.1 Å². The molecule has 8 nitrogen and oxygen atoms in total. The van der Waals surface area contributed by atoms with Crippen LogP contribution in [-0.2, 0) is 9.59 Å². The summed E-state index contributed by atoms with van der Waals surface area (Å²) in [5.41, 5.74) is 0.671. The maximum absolute atomic E-state index is 12.0. The first-order chi connectivity index (χ1) is 10.2. The van der Waals surface area contributed by atoms with Crippen molar-refractivity contribution in [3.8, 4) is 0 Å². The summed E-state index contributed by atoms with van der Waals surface area (Å²) in [6.45, 7) is 1.91. The quantitative estimate of drug-likeness (QED) is 0.544. The molecule has 1 aromatic carbocycles. The first-order valence-corrected chi connectivity index (χ1v) is 6.77. The summed E-state index contributed by atoms with van der Waals surface area (Å²) < 4.78 is 0. The van der Waals surface area contributed by atoms with Gasteiger partial charge in [0.05, 0.1) is 12.0 Å². The molecule has 2 N–H and O–H groups in total. The minimum Gasteiger partial charge on any atom is -0.344 e. The van der Waals surface area contributed by atoms with Crippen molar-refractivity contribution in [3.63, 3.8) is 0 Å². The molecule has 0 heterocycles. The van der Waals surface area contributed by atoms with Crippen molar-refractivity contribution in [1.82, 2.24) is 4.90 Å². The van der Waals surface area contributed by atoms with Crippen LogP contribution in [-0.4, -0.2) is 55.9 Å². The molecular weight excluding hydrogens is 288 g/mol. The number of hydrogen-bond acceptors (Lipinski definition) is 4. The number of quaternary nitrogens is 1. The second-order valence-corrected chi connectivity index (χ2v) is 5.37. The molecule has 0 spiro atoms. The highest BCUT2D eigenvalue weighted by atomic mass is 16.6. The number of nitro benzene ring substituents is 1. The van der Waals surface area contributed by atoms with Crippen LogP contribution < -0.4 is 10.2 Å². The number of nitrogens with one attached hydrogen (secondary N) is 2. The van der Waals surface area contributed by atoms with Gasteiger partial charge in [0.25, 0.3) is 17.5 Å². The van der Waals surface area contributed by atoms with E-state index >= 15 is 0 Å². The summed E-state index contributed by atoms with van der Waals surface area (Å²) in [5.74, 6) is -0.464. The predicted molar refractivity (Wildman–Crippen MR) is 81.8 cm³/mol. The largest absolute Gasteiger partial charge is 0.344 e. The molecule has 0 saturated heterocycles. The number of hydrogen-bond donors (Lipinski definition) is 2. The lowest BCUT2D eigenvalue weighted by molar-refractivity contribution is -0.862. The minimum absolute atomic E-state index is 0.0467. The highest BCUT2D eigenvalue weighted by molar-refractivity contribution is 5.94. The molecular formula is C14H21N4O4+. The van der Waals surface area contributed by atoms with Gasteiger partial charge >= 0.3 is 0 Å². The van der Waals surface area contributed by atoms with Crippen LogP contribution in [0.4, 0.5) is 11.4 Å². The van der Waals surface area contributed by atoms with Gasteiger partial charge in [0, 0.05) is 20.2 Å². The van der Waals surface area contributed by atoms with Crippen molar-refractivity contribution >= 4 is 23.2 Å². The Balaban J connectivity index is 2.74. The summed E-state index contributed by atoms with van der Waals surface area (Å²) in [7, 11) is 5.01. The molecule has 0 radical (unpaired) electrons. The Hall–Kier alpha value is -2.48. The molecule has 0 aliphatic carbocycles. The average molecular weight is 309 g/mol. The Kier molecular flexibility index (Phi) is 6.00. The van der Waals surface area contributed by atoms with Crippen LogP contribution in [0.15, 0.2) is 18.2 Å². The van der Waals surface area contributed by atoms with E-state index in [-0.39, 0.29) is 36.3 Å². The van der Waals surface area contributed by atoms with Crippen LogP contribution >= 0.6 is 0 Å².